The van der Waals surface area contributed by atoms with Crippen LogP contribution in [0.3, 0.4) is 0 Å². The summed E-state index contributed by atoms with van der Waals surface area (Å²) in [6.07, 6.45) is 0. The molecule has 4 aromatic carbocycles. The fourth-order valence-electron chi connectivity index (χ4n) is 3.95. The van der Waals surface area contributed by atoms with Crippen molar-refractivity contribution in [3.05, 3.63) is 112 Å². The molecule has 0 radical (unpaired) electrons. The maximum Gasteiger partial charge on any atom is 0.154 e. The molecule has 0 aliphatic carbocycles. The zero-order valence-electron chi connectivity index (χ0n) is 16.2. The second kappa shape index (κ2) is 7.34. The fourth-order valence-corrected chi connectivity index (χ4v) is 4.91. The number of benzene rings is 4. The van der Waals surface area contributed by atoms with Crippen molar-refractivity contribution in [3.63, 3.8) is 0 Å². The van der Waals surface area contributed by atoms with Crippen LogP contribution in [0.15, 0.2) is 101 Å². The molecule has 1 aliphatic heterocycles. The molecule has 0 aromatic heterocycles. The van der Waals surface area contributed by atoms with E-state index in [-0.39, 0.29) is 0 Å². The smallest absolute Gasteiger partial charge is 0.154 e. The lowest BCUT2D eigenvalue weighted by atomic mass is 9.95. The minimum Gasteiger partial charge on any atom is -0.505 e. The summed E-state index contributed by atoms with van der Waals surface area (Å²) in [5.41, 5.74) is 3.27. The van der Waals surface area contributed by atoms with Gasteiger partial charge >= 0.3 is 0 Å². The van der Waals surface area contributed by atoms with Crippen molar-refractivity contribution < 1.29 is 5.11 Å². The quantitative estimate of drug-likeness (QED) is 0.291. The van der Waals surface area contributed by atoms with Crippen LogP contribution < -0.4 is 0 Å². The number of hydrogen-bond donors (Lipinski definition) is 1. The van der Waals surface area contributed by atoms with Crippen molar-refractivity contribution in [1.82, 2.24) is 4.90 Å². The minimum absolute atomic E-state index is 0.340. The highest BCUT2D eigenvalue weighted by atomic mass is 32.2. The van der Waals surface area contributed by atoms with Crippen LogP contribution in [0.4, 0.5) is 0 Å². The monoisotopic (exact) mass is 395 g/mol. The average molecular weight is 396 g/mol. The zero-order chi connectivity index (χ0) is 19.8. The second-order valence-corrected chi connectivity index (χ2v) is 8.15. The number of aliphatic hydroxyl groups excluding tert-OH is 1. The zero-order valence-corrected chi connectivity index (χ0v) is 17.0. The van der Waals surface area contributed by atoms with E-state index in [1.54, 1.807) is 11.8 Å². The fraction of sp³-hybridized carbons (Fsp3) is 0.0769. The third-order valence-corrected chi connectivity index (χ3v) is 6.50. The van der Waals surface area contributed by atoms with E-state index < -0.39 is 0 Å². The van der Waals surface area contributed by atoms with Crippen molar-refractivity contribution in [1.29, 1.82) is 0 Å². The van der Waals surface area contributed by atoms with Gasteiger partial charge in [0.2, 0.25) is 0 Å². The van der Waals surface area contributed by atoms with Crippen molar-refractivity contribution >= 4 is 39.1 Å². The summed E-state index contributed by atoms with van der Waals surface area (Å²) >= 11 is 1.59. The molecule has 1 N–H and O–H groups in total. The van der Waals surface area contributed by atoms with Gasteiger partial charge in [-0.3, -0.25) is 0 Å². The van der Waals surface area contributed by atoms with Crippen LogP contribution >= 0.6 is 11.8 Å². The number of nitrogens with zero attached hydrogens (tertiary/aromatic N) is 1. The van der Waals surface area contributed by atoms with E-state index in [4.69, 9.17) is 0 Å². The highest BCUT2D eigenvalue weighted by Crippen LogP contribution is 2.42. The Bertz CT molecular complexity index is 1220. The Morgan fingerprint density at radius 2 is 1.41 bits per heavy atom. The first-order valence-corrected chi connectivity index (χ1v) is 10.6. The van der Waals surface area contributed by atoms with E-state index in [2.05, 4.69) is 71.8 Å². The third kappa shape index (κ3) is 3.18. The minimum atomic E-state index is 0.340. The Kier molecular flexibility index (Phi) is 4.53. The number of rotatable bonds is 3. The SMILES string of the molecule is CC1=CS/C(=C(/O)c2c3ccccc3cc3ccccc23)N1Cc1ccccc1. The van der Waals surface area contributed by atoms with Gasteiger partial charge in [0.15, 0.2) is 5.76 Å². The van der Waals surface area contributed by atoms with Crippen LogP contribution in [0, 0.1) is 0 Å². The van der Waals surface area contributed by atoms with E-state index in [9.17, 15) is 5.11 Å². The lowest BCUT2D eigenvalue weighted by molar-refractivity contribution is 0.429. The molecule has 0 atom stereocenters. The third-order valence-electron chi connectivity index (χ3n) is 5.41. The predicted octanol–water partition coefficient (Wildman–Crippen LogP) is 7.29. The molecule has 5 rings (SSSR count). The lowest BCUT2D eigenvalue weighted by Crippen LogP contribution is -2.17. The average Bonchev–Trinajstić information content (AvgIpc) is 3.12. The van der Waals surface area contributed by atoms with Gasteiger partial charge in [0.05, 0.1) is 0 Å². The molecule has 0 saturated heterocycles. The first kappa shape index (κ1) is 17.9. The summed E-state index contributed by atoms with van der Waals surface area (Å²) < 4.78 is 0. The van der Waals surface area contributed by atoms with E-state index in [0.717, 1.165) is 44.4 Å². The number of aliphatic hydroxyl groups is 1. The molecular weight excluding hydrogens is 374 g/mol. The van der Waals surface area contributed by atoms with Gasteiger partial charge in [-0.1, -0.05) is 90.6 Å². The van der Waals surface area contributed by atoms with Crippen LogP contribution in [-0.2, 0) is 6.54 Å². The van der Waals surface area contributed by atoms with Gasteiger partial charge in [0.25, 0.3) is 0 Å². The van der Waals surface area contributed by atoms with E-state index in [1.165, 1.54) is 5.56 Å². The van der Waals surface area contributed by atoms with Crippen molar-refractivity contribution in [3.8, 4) is 0 Å². The van der Waals surface area contributed by atoms with Crippen LogP contribution in [-0.4, -0.2) is 10.0 Å². The molecule has 0 saturated carbocycles. The molecule has 0 unspecified atom stereocenters. The molecule has 4 aromatic rings. The number of thioether (sulfide) groups is 1. The van der Waals surface area contributed by atoms with E-state index in [1.807, 2.05) is 30.3 Å². The summed E-state index contributed by atoms with van der Waals surface area (Å²) in [7, 11) is 0. The Morgan fingerprint density at radius 3 is 2.07 bits per heavy atom. The van der Waals surface area contributed by atoms with Crippen LogP contribution in [0.2, 0.25) is 0 Å². The first-order chi connectivity index (χ1) is 14.2. The maximum atomic E-state index is 11.6. The topological polar surface area (TPSA) is 23.5 Å². The molecular formula is C26H21NOS. The molecule has 2 nitrogen and oxygen atoms in total. The van der Waals surface area contributed by atoms with E-state index >= 15 is 0 Å². The van der Waals surface area contributed by atoms with Gasteiger partial charge in [0, 0.05) is 17.8 Å². The van der Waals surface area contributed by atoms with Gasteiger partial charge in [-0.25, -0.2) is 0 Å². The van der Waals surface area contributed by atoms with Crippen molar-refractivity contribution in [2.45, 2.75) is 13.5 Å². The Labute approximate surface area is 174 Å². The molecule has 142 valence electrons. The standard InChI is InChI=1S/C26H21NOS/c1-18-17-29-26(27(18)16-19-9-3-2-4-10-19)25(28)24-22-13-7-5-11-20(22)15-21-12-6-8-14-23(21)24/h2-15,17,28H,16H2,1H3/b26-25+. The van der Waals surface area contributed by atoms with Crippen LogP contribution in [0.25, 0.3) is 27.3 Å². The maximum absolute atomic E-state index is 11.6. The summed E-state index contributed by atoms with van der Waals surface area (Å²) in [4.78, 5) is 2.20. The number of fused-ring (bicyclic) bond motifs is 2. The Balaban J connectivity index is 1.71. The number of allylic oxidation sites excluding steroid dienone is 1. The van der Waals surface area contributed by atoms with Crippen molar-refractivity contribution in [2.24, 2.45) is 0 Å². The molecule has 1 aliphatic rings. The van der Waals surface area contributed by atoms with Crippen LogP contribution in [0.5, 0.6) is 0 Å². The molecule has 0 bridgehead atoms. The largest absolute Gasteiger partial charge is 0.505 e. The molecule has 0 amide bonds. The van der Waals surface area contributed by atoms with Gasteiger partial charge in [-0.05, 0) is 45.5 Å². The Morgan fingerprint density at radius 1 is 0.828 bits per heavy atom. The highest BCUT2D eigenvalue weighted by molar-refractivity contribution is 8.06. The summed E-state index contributed by atoms with van der Waals surface area (Å²) in [6.45, 7) is 2.83. The normalized spacial score (nSPS) is 15.8. The molecule has 0 fully saturated rings. The van der Waals surface area contributed by atoms with Crippen molar-refractivity contribution in [2.75, 3.05) is 0 Å². The predicted molar refractivity (Wildman–Crippen MR) is 124 cm³/mol. The molecule has 3 heteroatoms. The molecule has 1 heterocycles. The Hall–Kier alpha value is -3.17. The van der Waals surface area contributed by atoms with E-state index in [0.29, 0.717) is 5.76 Å². The van der Waals surface area contributed by atoms with Gasteiger partial charge in [-0.2, -0.15) is 0 Å². The van der Waals surface area contributed by atoms with Gasteiger partial charge in [0.1, 0.15) is 5.03 Å². The number of hydrogen-bond acceptors (Lipinski definition) is 3. The van der Waals surface area contributed by atoms with Crippen LogP contribution in [0.1, 0.15) is 18.1 Å². The summed E-state index contributed by atoms with van der Waals surface area (Å²) in [5.74, 6) is 0.340. The van der Waals surface area contributed by atoms with Gasteiger partial charge < -0.3 is 10.0 Å². The highest BCUT2D eigenvalue weighted by Gasteiger charge is 2.25. The summed E-state index contributed by atoms with van der Waals surface area (Å²) in [5, 5.41) is 19.0. The lowest BCUT2D eigenvalue weighted by Gasteiger charge is -2.23. The second-order valence-electron chi connectivity index (χ2n) is 7.30. The van der Waals surface area contributed by atoms with Gasteiger partial charge in [-0.15, -0.1) is 0 Å². The first-order valence-electron chi connectivity index (χ1n) is 9.71. The molecule has 0 spiro atoms. The summed E-state index contributed by atoms with van der Waals surface area (Å²) in [6, 6.07) is 29.1. The molecule has 29 heavy (non-hydrogen) atoms.